The molecule has 4 heterocycles. The van der Waals surface area contributed by atoms with E-state index in [0.717, 1.165) is 17.4 Å². The second-order valence-electron chi connectivity index (χ2n) is 15.1. The van der Waals surface area contributed by atoms with Crippen molar-refractivity contribution in [2.75, 3.05) is 6.54 Å². The molecule has 1 saturated carbocycles. The molecule has 6 rings (SSSR count). The van der Waals surface area contributed by atoms with Crippen molar-refractivity contribution in [1.29, 1.82) is 0 Å². The van der Waals surface area contributed by atoms with E-state index in [1.807, 2.05) is 10.8 Å². The van der Waals surface area contributed by atoms with Crippen LogP contribution in [-0.2, 0) is 47.0 Å². The number of fused-ring (bicyclic) bond motifs is 3. The predicted octanol–water partition coefficient (Wildman–Crippen LogP) is 5.41. The Morgan fingerprint density at radius 3 is 2.56 bits per heavy atom. The maximum atomic E-state index is 14.4. The van der Waals surface area contributed by atoms with Crippen molar-refractivity contribution in [3.63, 3.8) is 0 Å². The van der Waals surface area contributed by atoms with Crippen LogP contribution in [0.3, 0.4) is 0 Å². The van der Waals surface area contributed by atoms with Crippen molar-refractivity contribution in [3.05, 3.63) is 62.0 Å². The van der Waals surface area contributed by atoms with Gasteiger partial charge in [-0.05, 0) is 64.2 Å². The summed E-state index contributed by atoms with van der Waals surface area (Å²) in [4.78, 5) is 71.0. The summed E-state index contributed by atoms with van der Waals surface area (Å²) < 4.78 is 54.2. The second-order valence-corrected chi connectivity index (χ2v) is 19.1. The van der Waals surface area contributed by atoms with Gasteiger partial charge < -0.3 is 25.0 Å². The van der Waals surface area contributed by atoms with E-state index in [-0.39, 0.29) is 47.6 Å². The summed E-state index contributed by atoms with van der Waals surface area (Å²) in [7, 11) is -4.51. The molecule has 298 valence electrons. The van der Waals surface area contributed by atoms with Gasteiger partial charge in [0, 0.05) is 24.4 Å². The molecule has 5 amide bonds. The van der Waals surface area contributed by atoms with Gasteiger partial charge in [-0.1, -0.05) is 60.3 Å². The van der Waals surface area contributed by atoms with E-state index in [1.165, 1.54) is 15.9 Å². The highest BCUT2D eigenvalue weighted by Gasteiger charge is 2.62. The second kappa shape index (κ2) is 15.9. The van der Waals surface area contributed by atoms with Crippen LogP contribution in [0.2, 0.25) is 8.67 Å². The van der Waals surface area contributed by atoms with Crippen molar-refractivity contribution in [1.82, 2.24) is 25.2 Å². The first-order chi connectivity index (χ1) is 25.9. The van der Waals surface area contributed by atoms with Gasteiger partial charge in [0.05, 0.1) is 17.4 Å². The Kier molecular flexibility index (Phi) is 11.8. The largest absolute Gasteiger partial charge is 0.444 e. The molecule has 2 aromatic rings. The fourth-order valence-corrected chi connectivity index (χ4v) is 10.3. The number of nitrogens with one attached hydrogen (secondary N) is 3. The number of carbonyl (C=O) groups excluding carboxylic acids is 5. The molecule has 1 aliphatic carbocycles. The molecule has 2 fully saturated rings. The van der Waals surface area contributed by atoms with E-state index < -0.39 is 85.9 Å². The van der Waals surface area contributed by atoms with Gasteiger partial charge in [0.25, 0.3) is 15.9 Å². The Labute approximate surface area is 332 Å². The molecule has 0 radical (unpaired) electrons. The Morgan fingerprint density at radius 1 is 1.11 bits per heavy atom. The molecule has 1 saturated heterocycles. The van der Waals surface area contributed by atoms with E-state index >= 15 is 0 Å². The van der Waals surface area contributed by atoms with E-state index in [9.17, 15) is 36.8 Å². The highest BCUT2D eigenvalue weighted by atomic mass is 35.5. The molecular weight excluding hydrogens is 800 g/mol. The van der Waals surface area contributed by atoms with E-state index in [1.54, 1.807) is 39.0 Å². The van der Waals surface area contributed by atoms with Crippen LogP contribution in [0.15, 0.2) is 41.3 Å². The number of benzene rings is 1. The molecule has 3 N–H and O–H groups in total. The summed E-state index contributed by atoms with van der Waals surface area (Å²) in [5.41, 5.74) is -1.58. The van der Waals surface area contributed by atoms with E-state index in [2.05, 4.69) is 10.6 Å². The van der Waals surface area contributed by atoms with Crippen molar-refractivity contribution in [2.45, 2.75) is 113 Å². The van der Waals surface area contributed by atoms with Crippen LogP contribution in [0, 0.1) is 11.7 Å². The minimum Gasteiger partial charge on any atom is -0.444 e. The third kappa shape index (κ3) is 9.21. The number of amides is 5. The molecule has 1 aromatic carbocycles. The fourth-order valence-electron chi connectivity index (χ4n) is 7.12. The minimum absolute atomic E-state index is 0.0275. The average molecular weight is 843 g/mol. The first-order valence-corrected chi connectivity index (χ1v) is 20.9. The number of hydrogen-bond acceptors (Lipinski definition) is 10. The Balaban J connectivity index is 1.27. The van der Waals surface area contributed by atoms with Crippen molar-refractivity contribution < 1.29 is 46.3 Å². The SMILES string of the molecule is CC(C)(C)OC(=O)N[C@H]1CCCCC/C=C\[C@H]2C[C@]2(C(=O)NS(=O)(=O)c2cc(Cl)sc2Cl)NC(=O)[C@@H]2C[C@@H](OC(=O)N3Cc4cccc(F)c4C3)CN2C1=O. The lowest BCUT2D eigenvalue weighted by molar-refractivity contribution is -0.141. The Morgan fingerprint density at radius 2 is 1.87 bits per heavy atom. The van der Waals surface area contributed by atoms with Gasteiger partial charge in [0.1, 0.15) is 44.4 Å². The molecule has 14 nitrogen and oxygen atoms in total. The molecule has 0 bridgehead atoms. The van der Waals surface area contributed by atoms with Crippen LogP contribution in [0.1, 0.15) is 76.8 Å². The number of alkyl carbamates (subject to hydrolysis) is 1. The lowest BCUT2D eigenvalue weighted by atomic mass is 10.0. The zero-order chi connectivity index (χ0) is 39.9. The van der Waals surface area contributed by atoms with Gasteiger partial charge >= 0.3 is 12.2 Å². The number of hydrogen-bond donors (Lipinski definition) is 3. The number of rotatable bonds is 5. The van der Waals surface area contributed by atoms with Crippen LogP contribution in [0.4, 0.5) is 14.0 Å². The summed E-state index contributed by atoms with van der Waals surface area (Å²) in [6.45, 7) is 4.87. The number of ether oxygens (including phenoxy) is 2. The van der Waals surface area contributed by atoms with Gasteiger partial charge in [-0.25, -0.2) is 27.1 Å². The summed E-state index contributed by atoms with van der Waals surface area (Å²) in [6, 6.07) is 3.26. The predicted molar refractivity (Wildman–Crippen MR) is 200 cm³/mol. The normalized spacial score (nSPS) is 26.4. The molecule has 0 unspecified atom stereocenters. The van der Waals surface area contributed by atoms with Crippen LogP contribution in [0.25, 0.3) is 0 Å². The summed E-state index contributed by atoms with van der Waals surface area (Å²) in [5.74, 6) is -3.48. The number of halogens is 3. The smallest absolute Gasteiger partial charge is 0.410 e. The molecule has 1 aromatic heterocycles. The fraction of sp³-hybridized carbons (Fsp3) is 0.528. The zero-order valence-electron chi connectivity index (χ0n) is 30.4. The lowest BCUT2D eigenvalue weighted by Gasteiger charge is -2.30. The summed E-state index contributed by atoms with van der Waals surface area (Å²) in [6.07, 6.45) is 3.63. The zero-order valence-corrected chi connectivity index (χ0v) is 33.5. The molecule has 4 aliphatic rings. The summed E-state index contributed by atoms with van der Waals surface area (Å²) in [5, 5.41) is 5.39. The van der Waals surface area contributed by atoms with Crippen molar-refractivity contribution in [2.24, 2.45) is 5.92 Å². The first-order valence-electron chi connectivity index (χ1n) is 17.9. The highest BCUT2D eigenvalue weighted by Crippen LogP contribution is 2.46. The summed E-state index contributed by atoms with van der Waals surface area (Å²) >= 11 is 12.9. The van der Waals surface area contributed by atoms with Gasteiger partial charge in [0.2, 0.25) is 11.8 Å². The topological polar surface area (TPSA) is 181 Å². The molecule has 3 aliphatic heterocycles. The number of allylic oxidation sites excluding steroid dienone is 1. The van der Waals surface area contributed by atoms with Gasteiger partial charge in [-0.2, -0.15) is 0 Å². The van der Waals surface area contributed by atoms with E-state index in [0.29, 0.717) is 36.8 Å². The highest BCUT2D eigenvalue weighted by molar-refractivity contribution is 7.90. The molecular formula is C36H42Cl2FN5O9S2. The number of sulfonamides is 1. The molecule has 5 atom stereocenters. The van der Waals surface area contributed by atoms with Gasteiger partial charge in [-0.15, -0.1) is 11.3 Å². The van der Waals surface area contributed by atoms with Crippen molar-refractivity contribution >= 4 is 74.5 Å². The Bertz CT molecular complexity index is 2020. The van der Waals surface area contributed by atoms with Gasteiger partial charge in [-0.3, -0.25) is 19.3 Å². The van der Waals surface area contributed by atoms with E-state index in [4.69, 9.17) is 32.7 Å². The van der Waals surface area contributed by atoms with Crippen LogP contribution in [0.5, 0.6) is 0 Å². The Hall–Kier alpha value is -3.93. The van der Waals surface area contributed by atoms with Gasteiger partial charge in [0.15, 0.2) is 0 Å². The number of nitrogens with zero attached hydrogens (tertiary/aromatic N) is 2. The average Bonchev–Trinajstić information content (AvgIpc) is 3.39. The molecule has 0 spiro atoms. The molecule has 55 heavy (non-hydrogen) atoms. The lowest BCUT2D eigenvalue weighted by Crippen LogP contribution is -2.58. The number of thiophene rings is 1. The third-order valence-electron chi connectivity index (χ3n) is 9.93. The molecule has 19 heteroatoms. The van der Waals surface area contributed by atoms with Crippen LogP contribution >= 0.6 is 34.5 Å². The van der Waals surface area contributed by atoms with Crippen LogP contribution < -0.4 is 15.4 Å². The standard InChI is InChI=1S/C36H42Cl2FN5O9S2/c1-35(2,3)53-33(48)40-25-13-8-6-4-5-7-11-21-16-36(21,32(47)42-55(50,51)27-15-28(37)54-29(27)38)41-30(45)26-14-22(18-44(26)31(25)46)52-34(49)43-17-20-10-9-12-24(39)23(20)19-43/h7,9-12,15,21-22,25-26H,4-6,8,13-14,16-19H2,1-3H3,(H,40,48)(H,41,45)(H,42,47)/b11-7-/t21-,22+,25-,26-,36-/m0/s1. The minimum atomic E-state index is -4.51. The van der Waals surface area contributed by atoms with Crippen LogP contribution in [-0.4, -0.2) is 84.0 Å². The van der Waals surface area contributed by atoms with Crippen molar-refractivity contribution in [3.8, 4) is 0 Å². The first kappa shape index (κ1) is 40.7. The number of carbonyl (C=O) groups is 5. The third-order valence-corrected chi connectivity index (χ3v) is 13.0. The maximum Gasteiger partial charge on any atom is 0.410 e. The quantitative estimate of drug-likeness (QED) is 0.332. The maximum absolute atomic E-state index is 14.4. The monoisotopic (exact) mass is 841 g/mol.